The van der Waals surface area contributed by atoms with E-state index in [1.165, 1.54) is 28.3 Å². The number of benzene rings is 1. The zero-order chi connectivity index (χ0) is 22.7. The van der Waals surface area contributed by atoms with E-state index in [0.29, 0.717) is 28.6 Å². The minimum atomic E-state index is -0.666. The zero-order valence-corrected chi connectivity index (χ0v) is 18.7. The van der Waals surface area contributed by atoms with Crippen molar-refractivity contribution in [1.29, 1.82) is 0 Å². The second kappa shape index (κ2) is 9.35. The van der Waals surface area contributed by atoms with Crippen molar-refractivity contribution >= 4 is 28.2 Å². The van der Waals surface area contributed by atoms with Gasteiger partial charge in [-0.3, -0.25) is 9.59 Å². The first-order chi connectivity index (χ1) is 15.5. The summed E-state index contributed by atoms with van der Waals surface area (Å²) in [6.45, 7) is 4.43. The van der Waals surface area contributed by atoms with Crippen LogP contribution in [0, 0.1) is 0 Å². The van der Waals surface area contributed by atoms with Crippen LogP contribution in [0.15, 0.2) is 41.3 Å². The van der Waals surface area contributed by atoms with E-state index in [0.717, 1.165) is 29.7 Å². The van der Waals surface area contributed by atoms with Crippen LogP contribution in [-0.2, 0) is 17.6 Å². The van der Waals surface area contributed by atoms with Crippen molar-refractivity contribution < 1.29 is 19.1 Å². The molecule has 0 radical (unpaired) electrons. The number of esters is 1. The third-order valence-electron chi connectivity index (χ3n) is 5.06. The van der Waals surface area contributed by atoms with E-state index in [1.807, 2.05) is 6.92 Å². The lowest BCUT2D eigenvalue weighted by atomic mass is 10.1. The molecule has 0 saturated heterocycles. The number of nitrogens with zero attached hydrogens (tertiary/aromatic N) is 2. The normalized spacial score (nSPS) is 12.3. The standard InChI is InChI=1S/C23H23N3O5S/c1-3-30-15-10-8-14(9-11-15)26-13-12-17(27)20(25-26)21(28)24-22-19(23(29)31-4-2)16-6-5-7-18(16)32-22/h8-13H,3-7H2,1-2H3,(H,24,28). The summed E-state index contributed by atoms with van der Waals surface area (Å²) in [4.78, 5) is 38.9. The summed E-state index contributed by atoms with van der Waals surface area (Å²) in [5, 5.41) is 7.35. The van der Waals surface area contributed by atoms with Gasteiger partial charge in [-0.1, -0.05) is 0 Å². The van der Waals surface area contributed by atoms with E-state index in [4.69, 9.17) is 9.47 Å². The van der Waals surface area contributed by atoms with Crippen molar-refractivity contribution in [2.45, 2.75) is 33.1 Å². The smallest absolute Gasteiger partial charge is 0.341 e. The molecule has 2 aromatic heterocycles. The van der Waals surface area contributed by atoms with E-state index < -0.39 is 17.3 Å². The van der Waals surface area contributed by atoms with Crippen LogP contribution in [-0.4, -0.2) is 34.9 Å². The molecule has 8 nitrogen and oxygen atoms in total. The molecule has 1 amide bonds. The number of carbonyl (C=O) groups is 2. The third-order valence-corrected chi connectivity index (χ3v) is 6.27. The molecule has 0 unspecified atom stereocenters. The Balaban J connectivity index is 1.63. The van der Waals surface area contributed by atoms with Crippen molar-refractivity contribution in [2.75, 3.05) is 18.5 Å². The zero-order valence-electron chi connectivity index (χ0n) is 17.8. The molecular weight excluding hydrogens is 430 g/mol. The lowest BCUT2D eigenvalue weighted by Crippen LogP contribution is -2.26. The van der Waals surface area contributed by atoms with Crippen LogP contribution in [0.4, 0.5) is 5.00 Å². The summed E-state index contributed by atoms with van der Waals surface area (Å²) in [5.41, 5.74) is 1.22. The number of thiophene rings is 1. The number of anilines is 1. The summed E-state index contributed by atoms with van der Waals surface area (Å²) in [6, 6.07) is 8.44. The van der Waals surface area contributed by atoms with Gasteiger partial charge in [-0.25, -0.2) is 9.48 Å². The van der Waals surface area contributed by atoms with Gasteiger partial charge in [0, 0.05) is 17.1 Å². The maximum absolute atomic E-state index is 13.0. The summed E-state index contributed by atoms with van der Waals surface area (Å²) < 4.78 is 12.1. The average Bonchev–Trinajstić information content (AvgIpc) is 3.36. The molecule has 9 heteroatoms. The fraction of sp³-hybridized carbons (Fsp3) is 0.304. The van der Waals surface area contributed by atoms with Crippen molar-refractivity contribution in [2.24, 2.45) is 0 Å². The van der Waals surface area contributed by atoms with Crippen LogP contribution >= 0.6 is 11.3 Å². The second-order valence-electron chi connectivity index (χ2n) is 7.14. The molecule has 0 bridgehead atoms. The van der Waals surface area contributed by atoms with Gasteiger partial charge in [-0.15, -0.1) is 11.3 Å². The van der Waals surface area contributed by atoms with Gasteiger partial charge in [0.15, 0.2) is 5.69 Å². The number of nitrogens with one attached hydrogen (secondary N) is 1. The minimum Gasteiger partial charge on any atom is -0.494 e. The van der Waals surface area contributed by atoms with Gasteiger partial charge in [0.2, 0.25) is 5.43 Å². The van der Waals surface area contributed by atoms with E-state index in [9.17, 15) is 14.4 Å². The molecule has 0 aliphatic heterocycles. The highest BCUT2D eigenvalue weighted by molar-refractivity contribution is 7.17. The Kier molecular flexibility index (Phi) is 6.36. The highest BCUT2D eigenvalue weighted by Crippen LogP contribution is 2.39. The SMILES string of the molecule is CCOC(=O)c1c(NC(=O)c2nn(-c3ccc(OCC)cc3)ccc2=O)sc2c1CCC2. The summed E-state index contributed by atoms with van der Waals surface area (Å²) in [6.07, 6.45) is 4.09. The number of aryl methyl sites for hydroxylation is 1. The van der Waals surface area contributed by atoms with E-state index >= 15 is 0 Å². The van der Waals surface area contributed by atoms with Gasteiger partial charge >= 0.3 is 5.97 Å². The van der Waals surface area contributed by atoms with E-state index in [-0.39, 0.29) is 12.3 Å². The Bertz CT molecular complexity index is 1210. The Morgan fingerprint density at radius 1 is 1.12 bits per heavy atom. The molecule has 1 aliphatic rings. The van der Waals surface area contributed by atoms with Gasteiger partial charge in [-0.2, -0.15) is 5.10 Å². The van der Waals surface area contributed by atoms with Gasteiger partial charge in [0.05, 0.1) is 24.5 Å². The monoisotopic (exact) mass is 453 g/mol. The summed E-state index contributed by atoms with van der Waals surface area (Å²) >= 11 is 1.36. The Hall–Kier alpha value is -3.46. The number of rotatable bonds is 7. The van der Waals surface area contributed by atoms with Gasteiger partial charge in [0.1, 0.15) is 10.8 Å². The van der Waals surface area contributed by atoms with Crippen LogP contribution < -0.4 is 15.5 Å². The highest BCUT2D eigenvalue weighted by Gasteiger charge is 2.29. The molecule has 0 atom stereocenters. The van der Waals surface area contributed by atoms with Crippen molar-refractivity contribution in [3.63, 3.8) is 0 Å². The highest BCUT2D eigenvalue weighted by atomic mass is 32.1. The average molecular weight is 454 g/mol. The molecule has 0 saturated carbocycles. The number of hydrogen-bond donors (Lipinski definition) is 1. The quantitative estimate of drug-likeness (QED) is 0.549. The first kappa shape index (κ1) is 21.8. The number of fused-ring (bicyclic) bond motifs is 1. The van der Waals surface area contributed by atoms with Crippen LogP contribution in [0.1, 0.15) is 51.6 Å². The predicted octanol–water partition coefficient (Wildman–Crippen LogP) is 3.61. The fourth-order valence-corrected chi connectivity index (χ4v) is 4.92. The van der Waals surface area contributed by atoms with Crippen molar-refractivity contribution in [1.82, 2.24) is 9.78 Å². The first-order valence-electron chi connectivity index (χ1n) is 10.5. The topological polar surface area (TPSA) is 99.5 Å². The summed E-state index contributed by atoms with van der Waals surface area (Å²) in [5.74, 6) is -0.414. The number of hydrogen-bond acceptors (Lipinski definition) is 7. The Labute approximate surface area is 188 Å². The third kappa shape index (κ3) is 4.29. The van der Waals surface area contributed by atoms with Crippen molar-refractivity contribution in [3.8, 4) is 11.4 Å². The molecule has 32 heavy (non-hydrogen) atoms. The van der Waals surface area contributed by atoms with Crippen LogP contribution in [0.5, 0.6) is 5.75 Å². The van der Waals surface area contributed by atoms with E-state index in [1.54, 1.807) is 31.2 Å². The number of aromatic nitrogens is 2. The lowest BCUT2D eigenvalue weighted by Gasteiger charge is -2.10. The van der Waals surface area contributed by atoms with Crippen molar-refractivity contribution in [3.05, 3.63) is 68.4 Å². The van der Waals surface area contributed by atoms with Crippen LogP contribution in [0.2, 0.25) is 0 Å². The largest absolute Gasteiger partial charge is 0.494 e. The summed E-state index contributed by atoms with van der Waals surface area (Å²) in [7, 11) is 0. The van der Waals surface area contributed by atoms with Gasteiger partial charge < -0.3 is 14.8 Å². The molecule has 4 rings (SSSR count). The Morgan fingerprint density at radius 2 is 1.91 bits per heavy atom. The van der Waals surface area contributed by atoms with Gasteiger partial charge in [-0.05, 0) is 62.9 Å². The molecule has 0 spiro atoms. The minimum absolute atomic E-state index is 0.240. The molecule has 3 aromatic rings. The number of carbonyl (C=O) groups excluding carboxylic acids is 2. The molecule has 0 fully saturated rings. The van der Waals surface area contributed by atoms with Gasteiger partial charge in [0.25, 0.3) is 5.91 Å². The fourth-order valence-electron chi connectivity index (χ4n) is 3.64. The molecular formula is C23H23N3O5S. The first-order valence-corrected chi connectivity index (χ1v) is 11.3. The maximum Gasteiger partial charge on any atom is 0.341 e. The molecule has 1 N–H and O–H groups in total. The maximum atomic E-state index is 13.0. The molecule has 1 aromatic carbocycles. The molecule has 166 valence electrons. The van der Waals surface area contributed by atoms with E-state index in [2.05, 4.69) is 10.4 Å². The molecule has 1 aliphatic carbocycles. The number of amides is 1. The lowest BCUT2D eigenvalue weighted by molar-refractivity contribution is 0.0527. The molecule has 2 heterocycles. The van der Waals surface area contributed by atoms with Crippen LogP contribution in [0.3, 0.4) is 0 Å². The number of ether oxygens (including phenoxy) is 2. The van der Waals surface area contributed by atoms with Crippen LogP contribution in [0.25, 0.3) is 5.69 Å². The second-order valence-corrected chi connectivity index (χ2v) is 8.24. The predicted molar refractivity (Wildman–Crippen MR) is 121 cm³/mol. The Morgan fingerprint density at radius 3 is 2.62 bits per heavy atom.